The quantitative estimate of drug-likeness (QED) is 0.269. The van der Waals surface area contributed by atoms with E-state index in [0.29, 0.717) is 12.1 Å². The number of carboxylic acids is 1. The number of anilines is 1. The Kier molecular flexibility index (Phi) is 10.6. The molecule has 1 amide bonds. The number of carbonyl (C=O) groups excluding carboxylic acids is 1. The lowest BCUT2D eigenvalue weighted by molar-refractivity contribution is -0.117. The highest BCUT2D eigenvalue weighted by Gasteiger charge is 2.53. The van der Waals surface area contributed by atoms with Gasteiger partial charge < -0.3 is 20.5 Å². The molecule has 0 radical (unpaired) electrons. The molecule has 0 spiro atoms. The van der Waals surface area contributed by atoms with Crippen molar-refractivity contribution in [3.63, 3.8) is 0 Å². The summed E-state index contributed by atoms with van der Waals surface area (Å²) in [6.07, 6.45) is 0.563. The number of carbonyl (C=O) groups is 2. The third-order valence-corrected chi connectivity index (χ3v) is 7.34. The lowest BCUT2D eigenvalue weighted by Gasteiger charge is -2.33. The van der Waals surface area contributed by atoms with Crippen molar-refractivity contribution < 1.29 is 28.2 Å². The van der Waals surface area contributed by atoms with Crippen molar-refractivity contribution in [1.29, 1.82) is 5.26 Å². The number of ether oxygens (including phenoxy) is 1. The monoisotopic (exact) mass is 617 g/mol. The molecule has 42 heavy (non-hydrogen) atoms. The maximum Gasteiger partial charge on any atom is 0.335 e. The summed E-state index contributed by atoms with van der Waals surface area (Å²) in [6.45, 7) is 6.03. The number of hydrogen-bond acceptors (Lipinski definition) is 5. The fourth-order valence-electron chi connectivity index (χ4n) is 4.84. The Morgan fingerprint density at radius 3 is 2.33 bits per heavy atom. The SMILES string of the molecule is COc1cc(C(=O)O)ccc1NC(=O)C1C[C@@](C#N)(c2ccc(Cl)cc2F)[C@H](CC(C)(C)C)N1.Fc1ccccc1Cl. The lowest BCUT2D eigenvalue weighted by atomic mass is 9.70. The van der Waals surface area contributed by atoms with E-state index in [0.717, 1.165) is 0 Å². The summed E-state index contributed by atoms with van der Waals surface area (Å²) >= 11 is 11.3. The van der Waals surface area contributed by atoms with Crippen LogP contribution in [0.4, 0.5) is 14.5 Å². The minimum absolute atomic E-state index is 0.0146. The number of aromatic carboxylic acids is 1. The zero-order chi connectivity index (χ0) is 31.2. The molecule has 0 saturated carbocycles. The maximum absolute atomic E-state index is 15.0. The summed E-state index contributed by atoms with van der Waals surface area (Å²) in [5, 5.41) is 25.9. The van der Waals surface area contributed by atoms with Gasteiger partial charge in [-0.1, -0.05) is 62.2 Å². The van der Waals surface area contributed by atoms with E-state index in [9.17, 15) is 28.7 Å². The van der Waals surface area contributed by atoms with Gasteiger partial charge in [-0.05, 0) is 60.7 Å². The van der Waals surface area contributed by atoms with Gasteiger partial charge in [0.05, 0.1) is 35.5 Å². The first-order chi connectivity index (χ1) is 19.7. The second-order valence-electron chi connectivity index (χ2n) is 11.1. The highest BCUT2D eigenvalue weighted by molar-refractivity contribution is 6.30. The van der Waals surface area contributed by atoms with E-state index >= 15 is 0 Å². The highest BCUT2D eigenvalue weighted by atomic mass is 35.5. The van der Waals surface area contributed by atoms with Crippen molar-refractivity contribution in [3.8, 4) is 11.8 Å². The van der Waals surface area contributed by atoms with Crippen molar-refractivity contribution >= 4 is 40.8 Å². The van der Waals surface area contributed by atoms with Gasteiger partial charge in [0.25, 0.3) is 0 Å². The Morgan fingerprint density at radius 1 is 1.12 bits per heavy atom. The molecule has 3 atom stereocenters. The fraction of sp³-hybridized carbons (Fsp3) is 0.323. The molecule has 7 nitrogen and oxygen atoms in total. The standard InChI is InChI=1S/C25H27ClFN3O4.C6H4ClF/c1-24(2,3)12-21-25(13-28,16-7-6-15(26)10-17(16)27)11-19(29-21)22(31)30-18-8-5-14(23(32)33)9-20(18)34-4;7-5-3-1-2-4-6(5)8/h5-10,19,21,29H,11-12H2,1-4H3,(H,30,31)(H,32,33);1-4H/t19?,21-,25+;/m0./s1. The van der Waals surface area contributed by atoms with Crippen molar-refractivity contribution in [2.24, 2.45) is 5.41 Å². The molecule has 0 bridgehead atoms. The molecule has 222 valence electrons. The van der Waals surface area contributed by atoms with Crippen LogP contribution in [0.3, 0.4) is 0 Å². The largest absolute Gasteiger partial charge is 0.495 e. The van der Waals surface area contributed by atoms with E-state index in [1.165, 1.54) is 55.6 Å². The third kappa shape index (κ3) is 7.77. The molecule has 4 rings (SSSR count). The average Bonchev–Trinajstić information content (AvgIpc) is 3.28. The number of benzene rings is 3. The molecule has 3 aromatic rings. The first kappa shape index (κ1) is 32.8. The van der Waals surface area contributed by atoms with Gasteiger partial charge in [0, 0.05) is 16.6 Å². The van der Waals surface area contributed by atoms with Crippen molar-refractivity contribution in [1.82, 2.24) is 5.32 Å². The summed E-state index contributed by atoms with van der Waals surface area (Å²) in [5.74, 6) is -2.34. The van der Waals surface area contributed by atoms with Crippen molar-refractivity contribution in [2.75, 3.05) is 12.4 Å². The summed E-state index contributed by atoms with van der Waals surface area (Å²) in [4.78, 5) is 24.4. The predicted molar refractivity (Wildman–Crippen MR) is 158 cm³/mol. The van der Waals surface area contributed by atoms with Gasteiger partial charge in [-0.2, -0.15) is 5.26 Å². The molecule has 1 unspecified atom stereocenters. The Balaban J connectivity index is 0.000000521. The summed E-state index contributed by atoms with van der Waals surface area (Å²) in [7, 11) is 1.37. The molecule has 1 aliphatic rings. The Hall–Kier alpha value is -3.71. The summed E-state index contributed by atoms with van der Waals surface area (Å²) in [6, 6.07) is 15.4. The van der Waals surface area contributed by atoms with E-state index in [1.54, 1.807) is 12.1 Å². The second kappa shape index (κ2) is 13.5. The van der Waals surface area contributed by atoms with Crippen LogP contribution in [0.1, 0.15) is 49.5 Å². The Labute approximate surface area is 253 Å². The van der Waals surface area contributed by atoms with Crippen LogP contribution in [-0.2, 0) is 10.2 Å². The molecule has 0 aliphatic carbocycles. The number of nitrogens with one attached hydrogen (secondary N) is 2. The van der Waals surface area contributed by atoms with Crippen LogP contribution in [0.5, 0.6) is 5.75 Å². The van der Waals surface area contributed by atoms with Gasteiger partial charge in [0.2, 0.25) is 5.91 Å². The van der Waals surface area contributed by atoms with Crippen LogP contribution in [0.15, 0.2) is 60.7 Å². The Morgan fingerprint density at radius 2 is 1.81 bits per heavy atom. The first-order valence-electron chi connectivity index (χ1n) is 13.0. The predicted octanol–water partition coefficient (Wildman–Crippen LogP) is 7.23. The van der Waals surface area contributed by atoms with Crippen LogP contribution in [0.25, 0.3) is 0 Å². The van der Waals surface area contributed by atoms with E-state index in [1.807, 2.05) is 20.8 Å². The normalized spacial score (nSPS) is 19.7. The smallest absolute Gasteiger partial charge is 0.335 e. The molecule has 3 aromatic carbocycles. The number of carboxylic acid groups (broad SMARTS) is 1. The molecular weight excluding hydrogens is 587 g/mol. The zero-order valence-corrected chi connectivity index (χ0v) is 25.0. The highest BCUT2D eigenvalue weighted by Crippen LogP contribution is 2.44. The molecule has 3 N–H and O–H groups in total. The van der Waals surface area contributed by atoms with Gasteiger partial charge in [-0.3, -0.25) is 4.79 Å². The van der Waals surface area contributed by atoms with Crippen LogP contribution in [0, 0.1) is 28.4 Å². The van der Waals surface area contributed by atoms with Gasteiger partial charge in [0.15, 0.2) is 0 Å². The number of methoxy groups -OCH3 is 1. The van der Waals surface area contributed by atoms with Crippen LogP contribution < -0.4 is 15.4 Å². The van der Waals surface area contributed by atoms with Crippen LogP contribution >= 0.6 is 23.2 Å². The van der Waals surface area contributed by atoms with Crippen LogP contribution in [-0.4, -0.2) is 36.2 Å². The van der Waals surface area contributed by atoms with Crippen LogP contribution in [0.2, 0.25) is 10.0 Å². The van der Waals surface area contributed by atoms with E-state index in [4.69, 9.17) is 27.9 Å². The van der Waals surface area contributed by atoms with Crippen molar-refractivity contribution in [2.45, 2.75) is 51.1 Å². The van der Waals surface area contributed by atoms with Gasteiger partial charge >= 0.3 is 5.97 Å². The van der Waals surface area contributed by atoms with Gasteiger partial charge in [-0.15, -0.1) is 0 Å². The third-order valence-electron chi connectivity index (χ3n) is 6.80. The number of amides is 1. The molecule has 0 aromatic heterocycles. The number of hydrogen-bond donors (Lipinski definition) is 3. The topological polar surface area (TPSA) is 111 Å². The molecule has 1 saturated heterocycles. The minimum atomic E-state index is -1.29. The molecular formula is C31H31Cl2F2N3O4. The number of nitriles is 1. The van der Waals surface area contributed by atoms with E-state index < -0.39 is 35.2 Å². The number of nitrogens with zero attached hydrogens (tertiary/aromatic N) is 1. The first-order valence-corrected chi connectivity index (χ1v) is 13.7. The minimum Gasteiger partial charge on any atom is -0.495 e. The lowest BCUT2D eigenvalue weighted by Crippen LogP contribution is -2.44. The summed E-state index contributed by atoms with van der Waals surface area (Å²) in [5.41, 5.74) is -0.995. The molecule has 1 heterocycles. The molecule has 1 fully saturated rings. The average molecular weight is 619 g/mol. The van der Waals surface area contributed by atoms with E-state index in [-0.39, 0.29) is 44.6 Å². The van der Waals surface area contributed by atoms with Crippen molar-refractivity contribution in [3.05, 3.63) is 93.5 Å². The van der Waals surface area contributed by atoms with Gasteiger partial charge in [-0.25, -0.2) is 13.6 Å². The summed E-state index contributed by atoms with van der Waals surface area (Å²) < 4.78 is 32.4. The number of rotatable bonds is 6. The molecule has 11 heteroatoms. The Bertz CT molecular complexity index is 1490. The van der Waals surface area contributed by atoms with Gasteiger partial charge in [0.1, 0.15) is 22.8 Å². The molecule has 1 aliphatic heterocycles. The number of halogens is 4. The maximum atomic E-state index is 15.0. The zero-order valence-electron chi connectivity index (χ0n) is 23.5. The second-order valence-corrected chi connectivity index (χ2v) is 11.9. The van der Waals surface area contributed by atoms with E-state index in [2.05, 4.69) is 16.7 Å². The fourth-order valence-corrected chi connectivity index (χ4v) is 5.14.